The number of benzene rings is 1. The van der Waals surface area contributed by atoms with E-state index in [4.69, 9.17) is 10.5 Å². The van der Waals surface area contributed by atoms with E-state index >= 15 is 0 Å². The van der Waals surface area contributed by atoms with Crippen molar-refractivity contribution in [2.75, 3.05) is 6.54 Å². The van der Waals surface area contributed by atoms with Gasteiger partial charge in [0.15, 0.2) is 0 Å². The predicted molar refractivity (Wildman–Crippen MR) is 80.7 cm³/mol. The van der Waals surface area contributed by atoms with Crippen molar-refractivity contribution < 1.29 is 9.53 Å². The number of hydrogen-bond acceptors (Lipinski definition) is 3. The highest BCUT2D eigenvalue weighted by Gasteiger charge is 2.27. The second-order valence-electron chi connectivity index (χ2n) is 5.64. The molecule has 0 spiro atoms. The zero-order valence-corrected chi connectivity index (χ0v) is 12.3. The van der Waals surface area contributed by atoms with Gasteiger partial charge >= 0.3 is 5.97 Å². The third-order valence-electron chi connectivity index (χ3n) is 4.22. The van der Waals surface area contributed by atoms with Crippen molar-refractivity contribution >= 4 is 5.97 Å². The summed E-state index contributed by atoms with van der Waals surface area (Å²) >= 11 is 0. The Morgan fingerprint density at radius 1 is 1.35 bits per heavy atom. The summed E-state index contributed by atoms with van der Waals surface area (Å²) in [6.07, 6.45) is 6.60. The van der Waals surface area contributed by atoms with Crippen LogP contribution in [0, 0.1) is 5.92 Å². The molecule has 0 aliphatic heterocycles. The molecule has 0 bridgehead atoms. The number of carbonyl (C=O) groups is 1. The van der Waals surface area contributed by atoms with Crippen molar-refractivity contribution in [1.82, 2.24) is 0 Å². The first-order valence-corrected chi connectivity index (χ1v) is 7.74. The minimum absolute atomic E-state index is 0.0967. The van der Waals surface area contributed by atoms with Gasteiger partial charge in [0.2, 0.25) is 0 Å². The van der Waals surface area contributed by atoms with Crippen molar-refractivity contribution in [3.05, 3.63) is 35.4 Å². The van der Waals surface area contributed by atoms with Crippen LogP contribution in [0.2, 0.25) is 0 Å². The summed E-state index contributed by atoms with van der Waals surface area (Å²) in [6.45, 7) is 2.78. The van der Waals surface area contributed by atoms with Gasteiger partial charge in [-0.25, -0.2) is 4.79 Å². The standard InChI is InChI=1S/C17H25NO2/c1-2-14-7-3-4-9-16(14)20-17(19)15-8-5-6-13(12-15)10-11-18/h5-6,8,12,14,16H,2-4,7,9-11,18H2,1H3. The summed E-state index contributed by atoms with van der Waals surface area (Å²) in [7, 11) is 0. The predicted octanol–water partition coefficient (Wildman–Crippen LogP) is 3.31. The fourth-order valence-corrected chi connectivity index (χ4v) is 3.02. The molecule has 20 heavy (non-hydrogen) atoms. The van der Waals surface area contributed by atoms with Crippen LogP contribution in [0.25, 0.3) is 0 Å². The van der Waals surface area contributed by atoms with Gasteiger partial charge in [-0.2, -0.15) is 0 Å². The van der Waals surface area contributed by atoms with E-state index in [0.717, 1.165) is 24.8 Å². The van der Waals surface area contributed by atoms with Crippen LogP contribution in [-0.2, 0) is 11.2 Å². The maximum atomic E-state index is 12.3. The van der Waals surface area contributed by atoms with Crippen LogP contribution in [0.5, 0.6) is 0 Å². The van der Waals surface area contributed by atoms with Gasteiger partial charge in [0.25, 0.3) is 0 Å². The summed E-state index contributed by atoms with van der Waals surface area (Å²) in [5.74, 6) is 0.342. The molecule has 2 atom stereocenters. The zero-order valence-electron chi connectivity index (χ0n) is 12.3. The fourth-order valence-electron chi connectivity index (χ4n) is 3.02. The summed E-state index contributed by atoms with van der Waals surface area (Å²) in [5.41, 5.74) is 7.30. The molecule has 3 heteroatoms. The van der Waals surface area contributed by atoms with E-state index in [9.17, 15) is 4.79 Å². The molecule has 2 unspecified atom stereocenters. The molecule has 1 saturated carbocycles. The van der Waals surface area contributed by atoms with Crippen LogP contribution < -0.4 is 5.73 Å². The maximum absolute atomic E-state index is 12.3. The van der Waals surface area contributed by atoms with Crippen LogP contribution in [0.15, 0.2) is 24.3 Å². The van der Waals surface area contributed by atoms with Crippen LogP contribution >= 0.6 is 0 Å². The zero-order chi connectivity index (χ0) is 14.4. The van der Waals surface area contributed by atoms with Gasteiger partial charge in [-0.15, -0.1) is 0 Å². The first kappa shape index (κ1) is 15.0. The molecule has 2 rings (SSSR count). The van der Waals surface area contributed by atoms with E-state index in [-0.39, 0.29) is 12.1 Å². The van der Waals surface area contributed by atoms with Crippen LogP contribution in [0.3, 0.4) is 0 Å². The molecule has 2 N–H and O–H groups in total. The topological polar surface area (TPSA) is 52.3 Å². The lowest BCUT2D eigenvalue weighted by molar-refractivity contribution is 0.000699. The highest BCUT2D eigenvalue weighted by atomic mass is 16.5. The van der Waals surface area contributed by atoms with Crippen molar-refractivity contribution in [3.8, 4) is 0 Å². The Hall–Kier alpha value is -1.35. The molecule has 3 nitrogen and oxygen atoms in total. The number of nitrogens with two attached hydrogens (primary N) is 1. The molecule has 1 aliphatic carbocycles. The third-order valence-corrected chi connectivity index (χ3v) is 4.22. The van der Waals surface area contributed by atoms with Crippen molar-refractivity contribution in [3.63, 3.8) is 0 Å². The smallest absolute Gasteiger partial charge is 0.338 e. The third kappa shape index (κ3) is 3.83. The van der Waals surface area contributed by atoms with Crippen molar-refractivity contribution in [1.29, 1.82) is 0 Å². The van der Waals surface area contributed by atoms with E-state index in [0.29, 0.717) is 18.0 Å². The fraction of sp³-hybridized carbons (Fsp3) is 0.588. The molecule has 1 aromatic carbocycles. The number of rotatable bonds is 5. The Morgan fingerprint density at radius 2 is 2.15 bits per heavy atom. The van der Waals surface area contributed by atoms with Gasteiger partial charge in [0.05, 0.1) is 5.56 Å². The van der Waals surface area contributed by atoms with E-state index in [2.05, 4.69) is 6.92 Å². The molecule has 0 heterocycles. The summed E-state index contributed by atoms with van der Waals surface area (Å²) in [4.78, 5) is 12.3. The average molecular weight is 275 g/mol. The lowest BCUT2D eigenvalue weighted by atomic mass is 9.85. The van der Waals surface area contributed by atoms with Gasteiger partial charge in [0, 0.05) is 0 Å². The van der Waals surface area contributed by atoms with E-state index < -0.39 is 0 Å². The highest BCUT2D eigenvalue weighted by molar-refractivity contribution is 5.89. The lowest BCUT2D eigenvalue weighted by Crippen LogP contribution is -2.29. The monoisotopic (exact) mass is 275 g/mol. The molecule has 1 aliphatic rings. The van der Waals surface area contributed by atoms with Crippen molar-refractivity contribution in [2.24, 2.45) is 11.7 Å². The van der Waals surface area contributed by atoms with E-state index in [1.54, 1.807) is 0 Å². The average Bonchev–Trinajstić information content (AvgIpc) is 2.48. The molecule has 1 fully saturated rings. The van der Waals surface area contributed by atoms with Crippen molar-refractivity contribution in [2.45, 2.75) is 51.6 Å². The number of esters is 1. The molecule has 0 aromatic heterocycles. The largest absolute Gasteiger partial charge is 0.458 e. The summed E-state index contributed by atoms with van der Waals surface area (Å²) in [5, 5.41) is 0. The first-order valence-electron chi connectivity index (χ1n) is 7.74. The minimum Gasteiger partial charge on any atom is -0.458 e. The second kappa shape index (κ2) is 7.44. The Kier molecular flexibility index (Phi) is 5.60. The van der Waals surface area contributed by atoms with Gasteiger partial charge in [-0.3, -0.25) is 0 Å². The first-order chi connectivity index (χ1) is 9.74. The molecule has 1 aromatic rings. The molecular weight excluding hydrogens is 250 g/mol. The quantitative estimate of drug-likeness (QED) is 0.839. The van der Waals surface area contributed by atoms with E-state index in [1.165, 1.54) is 19.3 Å². The molecule has 110 valence electrons. The molecule has 0 saturated heterocycles. The van der Waals surface area contributed by atoms with Crippen LogP contribution in [0.1, 0.15) is 54.9 Å². The van der Waals surface area contributed by atoms with Gasteiger partial charge < -0.3 is 10.5 Å². The lowest BCUT2D eigenvalue weighted by Gasteiger charge is -2.30. The molecule has 0 radical (unpaired) electrons. The van der Waals surface area contributed by atoms with Gasteiger partial charge in [-0.1, -0.05) is 25.5 Å². The van der Waals surface area contributed by atoms with Gasteiger partial charge in [-0.05, 0) is 62.3 Å². The summed E-state index contributed by atoms with van der Waals surface area (Å²) in [6, 6.07) is 7.63. The highest BCUT2D eigenvalue weighted by Crippen LogP contribution is 2.29. The molecular formula is C17H25NO2. The minimum atomic E-state index is -0.186. The summed E-state index contributed by atoms with van der Waals surface area (Å²) < 4.78 is 5.74. The normalized spacial score (nSPS) is 22.5. The Labute approximate surface area is 121 Å². The van der Waals surface area contributed by atoms with E-state index in [1.807, 2.05) is 24.3 Å². The number of carbonyl (C=O) groups excluding carboxylic acids is 1. The van der Waals surface area contributed by atoms with Crippen LogP contribution in [0.4, 0.5) is 0 Å². The Bertz CT molecular complexity index is 444. The Balaban J connectivity index is 2.01. The van der Waals surface area contributed by atoms with Gasteiger partial charge in [0.1, 0.15) is 6.10 Å². The Morgan fingerprint density at radius 3 is 2.90 bits per heavy atom. The molecule has 0 amide bonds. The SMILES string of the molecule is CCC1CCCCC1OC(=O)c1cccc(CCN)c1. The number of hydrogen-bond donors (Lipinski definition) is 1. The second-order valence-corrected chi connectivity index (χ2v) is 5.64. The van der Waals surface area contributed by atoms with Crippen LogP contribution in [-0.4, -0.2) is 18.6 Å². The maximum Gasteiger partial charge on any atom is 0.338 e. The number of ether oxygens (including phenoxy) is 1.